The standard InChI is InChI=1S/C16H17O/c1-2-3-13-17-16-12-8-7-11-15(16)14-9-5-4-6-10-14/h4-12H,1-3,13H2. The third kappa shape index (κ3) is 3.10. The highest BCUT2D eigenvalue weighted by atomic mass is 16.5. The van der Waals surface area contributed by atoms with Gasteiger partial charge in [0.2, 0.25) is 0 Å². The molecule has 0 bridgehead atoms. The van der Waals surface area contributed by atoms with Crippen LogP contribution in [0.1, 0.15) is 12.8 Å². The molecule has 17 heavy (non-hydrogen) atoms. The van der Waals surface area contributed by atoms with E-state index in [4.69, 9.17) is 4.74 Å². The summed E-state index contributed by atoms with van der Waals surface area (Å²) in [4.78, 5) is 0. The van der Waals surface area contributed by atoms with Crippen LogP contribution in [-0.2, 0) is 0 Å². The molecule has 0 N–H and O–H groups in total. The Hall–Kier alpha value is -1.76. The van der Waals surface area contributed by atoms with Gasteiger partial charge in [0, 0.05) is 5.56 Å². The first-order valence-corrected chi connectivity index (χ1v) is 5.98. The summed E-state index contributed by atoms with van der Waals surface area (Å²) in [5.41, 5.74) is 2.34. The fourth-order valence-corrected chi connectivity index (χ4v) is 1.73. The molecule has 0 unspecified atom stereocenters. The maximum atomic E-state index is 5.79. The van der Waals surface area contributed by atoms with E-state index in [2.05, 4.69) is 25.1 Å². The first-order chi connectivity index (χ1) is 8.42. The SMILES string of the molecule is [CH2]CCCOc1ccccc1-c1ccccc1. The highest BCUT2D eigenvalue weighted by Crippen LogP contribution is 2.29. The maximum Gasteiger partial charge on any atom is 0.127 e. The average Bonchev–Trinajstić information content (AvgIpc) is 2.41. The van der Waals surface area contributed by atoms with Crippen LogP contribution in [0.25, 0.3) is 11.1 Å². The molecule has 2 aromatic rings. The number of benzene rings is 2. The number of hydrogen-bond donors (Lipinski definition) is 0. The summed E-state index contributed by atoms with van der Waals surface area (Å²) in [6.07, 6.45) is 1.90. The summed E-state index contributed by atoms with van der Waals surface area (Å²) < 4.78 is 5.79. The van der Waals surface area contributed by atoms with Crippen molar-refractivity contribution in [3.8, 4) is 16.9 Å². The lowest BCUT2D eigenvalue weighted by atomic mass is 10.1. The summed E-state index contributed by atoms with van der Waals surface area (Å²) in [7, 11) is 0. The summed E-state index contributed by atoms with van der Waals surface area (Å²) >= 11 is 0. The molecule has 0 amide bonds. The lowest BCUT2D eigenvalue weighted by molar-refractivity contribution is 0.313. The zero-order chi connectivity index (χ0) is 11.9. The lowest BCUT2D eigenvalue weighted by Gasteiger charge is -2.11. The van der Waals surface area contributed by atoms with Gasteiger partial charge in [-0.05, 0) is 18.1 Å². The van der Waals surface area contributed by atoms with Crippen LogP contribution in [0.5, 0.6) is 5.75 Å². The van der Waals surface area contributed by atoms with Crippen molar-refractivity contribution in [1.82, 2.24) is 0 Å². The van der Waals surface area contributed by atoms with Crippen LogP contribution in [0.4, 0.5) is 0 Å². The molecule has 1 radical (unpaired) electrons. The number of hydrogen-bond acceptors (Lipinski definition) is 1. The molecule has 0 saturated carbocycles. The quantitative estimate of drug-likeness (QED) is 0.687. The van der Waals surface area contributed by atoms with Crippen molar-refractivity contribution in [3.63, 3.8) is 0 Å². The second kappa shape index (κ2) is 6.09. The van der Waals surface area contributed by atoms with E-state index in [1.54, 1.807) is 0 Å². The Morgan fingerprint density at radius 2 is 1.59 bits per heavy atom. The molecule has 0 fully saturated rings. The van der Waals surface area contributed by atoms with Gasteiger partial charge in [-0.1, -0.05) is 61.9 Å². The molecule has 0 aliphatic heterocycles. The van der Waals surface area contributed by atoms with Crippen LogP contribution in [0.2, 0.25) is 0 Å². The smallest absolute Gasteiger partial charge is 0.127 e. The Kier molecular flexibility index (Phi) is 4.20. The molecular formula is C16H17O. The van der Waals surface area contributed by atoms with E-state index in [9.17, 15) is 0 Å². The number of ether oxygens (including phenoxy) is 1. The van der Waals surface area contributed by atoms with Crippen molar-refractivity contribution in [2.75, 3.05) is 6.61 Å². The van der Waals surface area contributed by atoms with Crippen LogP contribution < -0.4 is 4.74 Å². The minimum Gasteiger partial charge on any atom is -0.493 e. The Morgan fingerprint density at radius 3 is 2.35 bits per heavy atom. The molecule has 0 aromatic heterocycles. The van der Waals surface area contributed by atoms with Crippen LogP contribution in [0.15, 0.2) is 54.6 Å². The fourth-order valence-electron chi connectivity index (χ4n) is 1.73. The van der Waals surface area contributed by atoms with Gasteiger partial charge in [0.25, 0.3) is 0 Å². The molecule has 87 valence electrons. The normalized spacial score (nSPS) is 10.2. The summed E-state index contributed by atoms with van der Waals surface area (Å²) in [6, 6.07) is 18.5. The van der Waals surface area contributed by atoms with Crippen molar-refractivity contribution in [3.05, 3.63) is 61.5 Å². The van der Waals surface area contributed by atoms with Crippen molar-refractivity contribution < 1.29 is 4.74 Å². The monoisotopic (exact) mass is 225 g/mol. The summed E-state index contributed by atoms with van der Waals surface area (Å²) in [5.74, 6) is 0.951. The third-order valence-electron chi connectivity index (χ3n) is 2.62. The largest absolute Gasteiger partial charge is 0.493 e. The van der Waals surface area contributed by atoms with Crippen LogP contribution in [0, 0.1) is 6.92 Å². The Bertz CT molecular complexity index is 448. The Balaban J connectivity index is 2.22. The number of para-hydroxylation sites is 1. The number of unbranched alkanes of at least 4 members (excludes halogenated alkanes) is 1. The molecule has 0 spiro atoms. The third-order valence-corrected chi connectivity index (χ3v) is 2.62. The highest BCUT2D eigenvalue weighted by Gasteiger charge is 2.04. The molecule has 2 aromatic carbocycles. The van der Waals surface area contributed by atoms with Gasteiger partial charge in [-0.2, -0.15) is 0 Å². The van der Waals surface area contributed by atoms with E-state index < -0.39 is 0 Å². The molecular weight excluding hydrogens is 208 g/mol. The van der Waals surface area contributed by atoms with Gasteiger partial charge in [0.05, 0.1) is 6.61 Å². The highest BCUT2D eigenvalue weighted by molar-refractivity contribution is 5.70. The van der Waals surface area contributed by atoms with Crippen molar-refractivity contribution >= 4 is 0 Å². The van der Waals surface area contributed by atoms with Crippen molar-refractivity contribution in [2.24, 2.45) is 0 Å². The van der Waals surface area contributed by atoms with E-state index in [1.165, 1.54) is 5.56 Å². The molecule has 0 saturated heterocycles. The summed E-state index contributed by atoms with van der Waals surface area (Å²) in [5, 5.41) is 0. The lowest BCUT2D eigenvalue weighted by Crippen LogP contribution is -1.97. The summed E-state index contributed by atoms with van der Waals surface area (Å²) in [6.45, 7) is 4.55. The average molecular weight is 225 g/mol. The van der Waals surface area contributed by atoms with Crippen LogP contribution in [0.3, 0.4) is 0 Å². The second-order valence-electron chi connectivity index (χ2n) is 3.92. The molecule has 2 rings (SSSR count). The Morgan fingerprint density at radius 1 is 0.882 bits per heavy atom. The van der Waals surface area contributed by atoms with E-state index in [-0.39, 0.29) is 0 Å². The van der Waals surface area contributed by atoms with Gasteiger partial charge >= 0.3 is 0 Å². The van der Waals surface area contributed by atoms with E-state index >= 15 is 0 Å². The van der Waals surface area contributed by atoms with Gasteiger partial charge in [0.1, 0.15) is 5.75 Å². The topological polar surface area (TPSA) is 9.23 Å². The van der Waals surface area contributed by atoms with E-state index in [0.29, 0.717) is 0 Å². The second-order valence-corrected chi connectivity index (χ2v) is 3.92. The Labute approximate surface area is 103 Å². The number of rotatable bonds is 5. The first-order valence-electron chi connectivity index (χ1n) is 5.98. The van der Waals surface area contributed by atoms with E-state index in [1.807, 2.05) is 36.4 Å². The predicted octanol–water partition coefficient (Wildman–Crippen LogP) is 4.35. The van der Waals surface area contributed by atoms with Crippen molar-refractivity contribution in [1.29, 1.82) is 0 Å². The fraction of sp³-hybridized carbons (Fsp3) is 0.188. The van der Waals surface area contributed by atoms with Gasteiger partial charge in [0.15, 0.2) is 0 Å². The molecule has 0 atom stereocenters. The van der Waals surface area contributed by atoms with Crippen molar-refractivity contribution in [2.45, 2.75) is 12.8 Å². The van der Waals surface area contributed by atoms with Gasteiger partial charge in [-0.25, -0.2) is 0 Å². The molecule has 0 aliphatic carbocycles. The zero-order valence-electron chi connectivity index (χ0n) is 9.93. The minimum absolute atomic E-state index is 0.730. The maximum absolute atomic E-state index is 5.79. The van der Waals surface area contributed by atoms with Crippen LogP contribution in [-0.4, -0.2) is 6.61 Å². The predicted molar refractivity (Wildman–Crippen MR) is 72.0 cm³/mol. The van der Waals surface area contributed by atoms with Gasteiger partial charge in [-0.3, -0.25) is 0 Å². The van der Waals surface area contributed by atoms with Gasteiger partial charge in [-0.15, -0.1) is 0 Å². The minimum atomic E-state index is 0.730. The molecule has 1 nitrogen and oxygen atoms in total. The molecule has 0 heterocycles. The zero-order valence-corrected chi connectivity index (χ0v) is 9.93. The molecule has 1 heteroatoms. The van der Waals surface area contributed by atoms with Gasteiger partial charge < -0.3 is 4.74 Å². The first kappa shape index (κ1) is 11.7. The molecule has 0 aliphatic rings. The van der Waals surface area contributed by atoms with E-state index in [0.717, 1.165) is 30.8 Å². The van der Waals surface area contributed by atoms with Crippen LogP contribution >= 0.6 is 0 Å².